The van der Waals surface area contributed by atoms with Crippen molar-refractivity contribution in [1.29, 1.82) is 0 Å². The van der Waals surface area contributed by atoms with E-state index < -0.39 is 9.84 Å². The zero-order valence-corrected chi connectivity index (χ0v) is 15.8. The normalized spacial score (nSPS) is 19.5. The Kier molecular flexibility index (Phi) is 4.86. The van der Waals surface area contributed by atoms with Crippen LogP contribution in [0.1, 0.15) is 17.2 Å². The second-order valence-electron chi connectivity index (χ2n) is 7.04. The van der Waals surface area contributed by atoms with Gasteiger partial charge < -0.3 is 19.8 Å². The number of aromatic hydroxyl groups is 2. The van der Waals surface area contributed by atoms with E-state index in [1.165, 1.54) is 18.2 Å². The van der Waals surface area contributed by atoms with Gasteiger partial charge in [0.15, 0.2) is 9.84 Å². The van der Waals surface area contributed by atoms with Gasteiger partial charge in [-0.05, 0) is 50.8 Å². The molecule has 0 fully saturated rings. The van der Waals surface area contributed by atoms with Crippen LogP contribution in [-0.2, 0) is 16.3 Å². The third kappa shape index (κ3) is 3.78. The summed E-state index contributed by atoms with van der Waals surface area (Å²) in [6.07, 6.45) is 1.47. The number of benzene rings is 2. The van der Waals surface area contributed by atoms with Crippen molar-refractivity contribution < 1.29 is 23.4 Å². The Hall–Kier alpha value is -2.25. The van der Waals surface area contributed by atoms with E-state index in [1.807, 2.05) is 14.1 Å². The molecule has 1 aliphatic carbocycles. The predicted octanol–water partition coefficient (Wildman–Crippen LogP) is 2.36. The molecule has 0 bridgehead atoms. The molecule has 1 aliphatic rings. The summed E-state index contributed by atoms with van der Waals surface area (Å²) in [5.74, 6) is 0.708. The summed E-state index contributed by atoms with van der Waals surface area (Å²) in [5, 5.41) is 20.0. The molecular weight excluding hydrogens is 354 g/mol. The van der Waals surface area contributed by atoms with E-state index in [4.69, 9.17) is 4.74 Å². The van der Waals surface area contributed by atoms with Crippen LogP contribution in [0.3, 0.4) is 0 Å². The molecule has 7 heteroatoms. The summed E-state index contributed by atoms with van der Waals surface area (Å²) in [7, 11) is 0.679. The first-order chi connectivity index (χ1) is 12.1. The highest BCUT2D eigenvalue weighted by Gasteiger charge is 2.36. The zero-order chi connectivity index (χ0) is 19.1. The van der Waals surface area contributed by atoms with E-state index in [2.05, 4.69) is 4.90 Å². The van der Waals surface area contributed by atoms with Crippen LogP contribution < -0.4 is 4.74 Å². The number of hydrogen-bond acceptors (Lipinski definition) is 6. The molecule has 0 heterocycles. The van der Waals surface area contributed by atoms with Crippen LogP contribution in [0.25, 0.3) is 0 Å². The fourth-order valence-electron chi connectivity index (χ4n) is 3.46. The number of rotatable bonds is 5. The van der Waals surface area contributed by atoms with Crippen molar-refractivity contribution in [2.75, 3.05) is 26.9 Å². The first-order valence-corrected chi connectivity index (χ1v) is 10.2. The molecule has 0 saturated carbocycles. The first-order valence-electron chi connectivity index (χ1n) is 8.31. The van der Waals surface area contributed by atoms with E-state index in [0.717, 1.165) is 23.9 Å². The van der Waals surface area contributed by atoms with Crippen LogP contribution in [0.5, 0.6) is 17.2 Å². The lowest BCUT2D eigenvalue weighted by molar-refractivity contribution is 0.128. The largest absolute Gasteiger partial charge is 0.508 e. The predicted molar refractivity (Wildman–Crippen MR) is 98.4 cm³/mol. The summed E-state index contributed by atoms with van der Waals surface area (Å²) in [5.41, 5.74) is 1.55. The van der Waals surface area contributed by atoms with Crippen molar-refractivity contribution in [2.24, 2.45) is 5.92 Å². The molecule has 0 aromatic heterocycles. The van der Waals surface area contributed by atoms with Gasteiger partial charge in [0.2, 0.25) is 0 Å². The summed E-state index contributed by atoms with van der Waals surface area (Å²) in [4.78, 5) is 2.29. The summed E-state index contributed by atoms with van der Waals surface area (Å²) in [6.45, 7) is 0.751. The second kappa shape index (κ2) is 6.81. The van der Waals surface area contributed by atoms with Gasteiger partial charge >= 0.3 is 0 Å². The summed E-state index contributed by atoms with van der Waals surface area (Å²) >= 11 is 0. The Labute approximate surface area is 153 Å². The number of fused-ring (bicyclic) bond motifs is 1. The molecule has 2 atom stereocenters. The van der Waals surface area contributed by atoms with Crippen molar-refractivity contribution in [3.63, 3.8) is 0 Å². The van der Waals surface area contributed by atoms with Gasteiger partial charge in [-0.2, -0.15) is 0 Å². The minimum absolute atomic E-state index is 0.00669. The van der Waals surface area contributed by atoms with Crippen LogP contribution >= 0.6 is 0 Å². The van der Waals surface area contributed by atoms with E-state index in [9.17, 15) is 18.6 Å². The molecule has 2 aromatic rings. The SMILES string of the molecule is CN(C)CC1Cc2c(O)cc(O)cc2C1Oc1ccc(S(C)(=O)=O)cc1. The van der Waals surface area contributed by atoms with Gasteiger partial charge in [-0.25, -0.2) is 8.42 Å². The number of phenols is 2. The van der Waals surface area contributed by atoms with E-state index in [0.29, 0.717) is 12.2 Å². The minimum Gasteiger partial charge on any atom is -0.508 e. The van der Waals surface area contributed by atoms with Crippen molar-refractivity contribution in [2.45, 2.75) is 17.4 Å². The smallest absolute Gasteiger partial charge is 0.175 e. The number of phenolic OH excluding ortho intramolecular Hbond substituents is 2. The van der Waals surface area contributed by atoms with Crippen molar-refractivity contribution in [3.8, 4) is 17.2 Å². The molecule has 0 radical (unpaired) electrons. The van der Waals surface area contributed by atoms with Gasteiger partial charge in [0.25, 0.3) is 0 Å². The lowest BCUT2D eigenvalue weighted by Gasteiger charge is -2.25. The third-order valence-electron chi connectivity index (χ3n) is 4.56. The quantitative estimate of drug-likeness (QED) is 0.832. The highest BCUT2D eigenvalue weighted by molar-refractivity contribution is 7.90. The lowest BCUT2D eigenvalue weighted by Crippen LogP contribution is -2.27. The van der Waals surface area contributed by atoms with Crippen molar-refractivity contribution >= 4 is 9.84 Å². The summed E-state index contributed by atoms with van der Waals surface area (Å²) in [6, 6.07) is 9.26. The molecule has 140 valence electrons. The van der Waals surface area contributed by atoms with Gasteiger partial charge in [-0.3, -0.25) is 0 Å². The third-order valence-corrected chi connectivity index (χ3v) is 5.69. The van der Waals surface area contributed by atoms with Crippen LogP contribution in [0.4, 0.5) is 0 Å². The van der Waals surface area contributed by atoms with Gasteiger partial charge in [0.1, 0.15) is 23.4 Å². The molecule has 26 heavy (non-hydrogen) atoms. The molecular formula is C19H23NO5S. The fourth-order valence-corrected chi connectivity index (χ4v) is 4.09. The molecule has 2 aromatic carbocycles. The summed E-state index contributed by atoms with van der Waals surface area (Å²) < 4.78 is 29.3. The van der Waals surface area contributed by atoms with Gasteiger partial charge in [0, 0.05) is 35.9 Å². The van der Waals surface area contributed by atoms with Gasteiger partial charge in [-0.15, -0.1) is 0 Å². The minimum atomic E-state index is -3.26. The maximum atomic E-state index is 11.6. The molecule has 3 rings (SSSR count). The van der Waals surface area contributed by atoms with Crippen LogP contribution in [0.15, 0.2) is 41.3 Å². The maximum Gasteiger partial charge on any atom is 0.175 e. The van der Waals surface area contributed by atoms with Crippen LogP contribution in [0.2, 0.25) is 0 Å². The Morgan fingerprint density at radius 3 is 2.38 bits per heavy atom. The Morgan fingerprint density at radius 1 is 1.15 bits per heavy atom. The Morgan fingerprint density at radius 2 is 1.81 bits per heavy atom. The number of nitrogens with zero attached hydrogens (tertiary/aromatic N) is 1. The molecule has 0 amide bonds. The molecule has 2 unspecified atom stereocenters. The fraction of sp³-hybridized carbons (Fsp3) is 0.368. The lowest BCUT2D eigenvalue weighted by atomic mass is 10.0. The van der Waals surface area contributed by atoms with Crippen molar-refractivity contribution in [3.05, 3.63) is 47.5 Å². The Bertz CT molecular complexity index is 906. The standard InChI is InChI=1S/C19H23NO5S/c1-20(2)11-12-8-16-17(9-13(21)10-18(16)22)19(12)25-14-4-6-15(7-5-14)26(3,23)24/h4-7,9-10,12,19,21-22H,8,11H2,1-3H3. The second-order valence-corrected chi connectivity index (χ2v) is 9.06. The van der Waals surface area contributed by atoms with E-state index in [1.54, 1.807) is 18.2 Å². The average Bonchev–Trinajstić information content (AvgIpc) is 2.84. The average molecular weight is 377 g/mol. The molecule has 0 spiro atoms. The van der Waals surface area contributed by atoms with E-state index >= 15 is 0 Å². The first kappa shape index (κ1) is 18.5. The molecule has 6 nitrogen and oxygen atoms in total. The van der Waals surface area contributed by atoms with Crippen LogP contribution in [-0.4, -0.2) is 50.4 Å². The topological polar surface area (TPSA) is 87.1 Å². The van der Waals surface area contributed by atoms with E-state index in [-0.39, 0.29) is 28.4 Å². The van der Waals surface area contributed by atoms with Gasteiger partial charge in [-0.1, -0.05) is 0 Å². The highest BCUT2D eigenvalue weighted by atomic mass is 32.2. The molecule has 2 N–H and O–H groups in total. The van der Waals surface area contributed by atoms with Gasteiger partial charge in [0.05, 0.1) is 4.90 Å². The highest BCUT2D eigenvalue weighted by Crippen LogP contribution is 2.45. The zero-order valence-electron chi connectivity index (χ0n) is 15.0. The maximum absolute atomic E-state index is 11.6. The monoisotopic (exact) mass is 377 g/mol. The number of sulfone groups is 1. The number of hydrogen-bond donors (Lipinski definition) is 2. The molecule has 0 aliphatic heterocycles. The van der Waals surface area contributed by atoms with Crippen LogP contribution in [0, 0.1) is 5.92 Å². The Balaban J connectivity index is 1.93. The molecule has 0 saturated heterocycles. The van der Waals surface area contributed by atoms with Crippen molar-refractivity contribution in [1.82, 2.24) is 4.90 Å². The number of ether oxygens (including phenoxy) is 1.